The molecule has 0 aliphatic rings. The second kappa shape index (κ2) is 3.18. The zero-order valence-corrected chi connectivity index (χ0v) is 7.30. The minimum atomic E-state index is -4.61. The predicted molar refractivity (Wildman–Crippen MR) is 41.1 cm³/mol. The highest BCUT2D eigenvalue weighted by atomic mass is 35.5. The van der Waals surface area contributed by atoms with Gasteiger partial charge in [-0.3, -0.25) is 0 Å². The van der Waals surface area contributed by atoms with Gasteiger partial charge in [-0.25, -0.2) is 4.39 Å². The summed E-state index contributed by atoms with van der Waals surface area (Å²) in [7, 11) is 0. The lowest BCUT2D eigenvalue weighted by atomic mass is 10.1. The van der Waals surface area contributed by atoms with Gasteiger partial charge in [0.15, 0.2) is 0 Å². The summed E-state index contributed by atoms with van der Waals surface area (Å²) in [5.41, 5.74) is -1.05. The minimum Gasteiger partial charge on any atom is -0.207 e. The molecule has 0 amide bonds. The highest BCUT2D eigenvalue weighted by Gasteiger charge is 2.34. The smallest absolute Gasteiger partial charge is 0.207 e. The molecule has 0 spiro atoms. The van der Waals surface area contributed by atoms with Crippen LogP contribution in [-0.2, 0) is 6.18 Å². The van der Waals surface area contributed by atoms with E-state index in [0.717, 1.165) is 6.07 Å². The minimum absolute atomic E-state index is 0.0778. The van der Waals surface area contributed by atoms with Crippen molar-refractivity contribution in [1.29, 1.82) is 0 Å². The Morgan fingerprint density at radius 3 is 2.23 bits per heavy atom. The predicted octanol–water partition coefficient (Wildman–Crippen LogP) is 3.81. The average Bonchev–Trinajstić information content (AvgIpc) is 1.94. The van der Waals surface area contributed by atoms with Gasteiger partial charge < -0.3 is 0 Å². The first-order chi connectivity index (χ1) is 5.82. The fourth-order valence-electron chi connectivity index (χ4n) is 0.932. The number of hydrogen-bond acceptors (Lipinski definition) is 0. The highest BCUT2D eigenvalue weighted by molar-refractivity contribution is 6.32. The number of benzene rings is 1. The van der Waals surface area contributed by atoms with Crippen molar-refractivity contribution in [1.82, 2.24) is 0 Å². The summed E-state index contributed by atoms with van der Waals surface area (Å²) < 4.78 is 49.1. The van der Waals surface area contributed by atoms with Crippen LogP contribution in [0.2, 0.25) is 5.02 Å². The summed E-state index contributed by atoms with van der Waals surface area (Å²) in [5, 5.41) is -0.450. The normalized spacial score (nSPS) is 11.8. The summed E-state index contributed by atoms with van der Waals surface area (Å²) in [5.74, 6) is -0.936. The average molecular weight is 213 g/mol. The van der Waals surface area contributed by atoms with E-state index in [1.807, 2.05) is 0 Å². The summed E-state index contributed by atoms with van der Waals surface area (Å²) in [6.45, 7) is 1.32. The second-order valence-electron chi connectivity index (χ2n) is 2.58. The van der Waals surface area contributed by atoms with Crippen molar-refractivity contribution in [2.75, 3.05) is 0 Å². The molecule has 0 bridgehead atoms. The van der Waals surface area contributed by atoms with Gasteiger partial charge in [-0.1, -0.05) is 11.6 Å². The maximum Gasteiger partial charge on any atom is 0.417 e. The molecule has 0 aliphatic carbocycles. The highest BCUT2D eigenvalue weighted by Crippen LogP contribution is 2.36. The van der Waals surface area contributed by atoms with Gasteiger partial charge in [0.2, 0.25) is 0 Å². The molecule has 0 atom stereocenters. The Morgan fingerprint density at radius 1 is 1.23 bits per heavy atom. The summed E-state index contributed by atoms with van der Waals surface area (Å²) in [6, 6.07) is 1.34. The van der Waals surface area contributed by atoms with E-state index in [4.69, 9.17) is 11.6 Å². The van der Waals surface area contributed by atoms with Crippen LogP contribution in [-0.4, -0.2) is 0 Å². The van der Waals surface area contributed by atoms with Crippen LogP contribution in [0.15, 0.2) is 12.1 Å². The van der Waals surface area contributed by atoms with Gasteiger partial charge >= 0.3 is 6.18 Å². The van der Waals surface area contributed by atoms with E-state index < -0.39 is 22.6 Å². The number of aryl methyl sites for hydroxylation is 1. The van der Waals surface area contributed by atoms with Crippen LogP contribution in [0, 0.1) is 12.7 Å². The van der Waals surface area contributed by atoms with Crippen LogP contribution in [0.4, 0.5) is 17.6 Å². The second-order valence-corrected chi connectivity index (χ2v) is 2.96. The van der Waals surface area contributed by atoms with Crippen molar-refractivity contribution in [2.24, 2.45) is 0 Å². The third kappa shape index (κ3) is 2.12. The van der Waals surface area contributed by atoms with E-state index in [-0.39, 0.29) is 5.56 Å². The fourth-order valence-corrected chi connectivity index (χ4v) is 1.15. The number of halogens is 5. The van der Waals surface area contributed by atoms with E-state index in [2.05, 4.69) is 0 Å². The lowest BCUT2D eigenvalue weighted by Gasteiger charge is -2.10. The zero-order valence-electron chi connectivity index (χ0n) is 6.54. The first kappa shape index (κ1) is 10.3. The van der Waals surface area contributed by atoms with Crippen LogP contribution in [0.3, 0.4) is 0 Å². The molecule has 0 unspecified atom stereocenters. The van der Waals surface area contributed by atoms with Crippen molar-refractivity contribution < 1.29 is 17.6 Å². The lowest BCUT2D eigenvalue weighted by Crippen LogP contribution is -2.07. The van der Waals surface area contributed by atoms with Gasteiger partial charge in [0, 0.05) is 0 Å². The van der Waals surface area contributed by atoms with Crippen LogP contribution < -0.4 is 0 Å². The molecule has 0 radical (unpaired) electrons. The molecule has 0 fully saturated rings. The van der Waals surface area contributed by atoms with Crippen LogP contribution in [0.5, 0.6) is 0 Å². The summed E-state index contributed by atoms with van der Waals surface area (Å²) in [4.78, 5) is 0. The Morgan fingerprint density at radius 2 is 1.77 bits per heavy atom. The number of rotatable bonds is 0. The third-order valence-electron chi connectivity index (χ3n) is 1.52. The Hall–Kier alpha value is -0.770. The largest absolute Gasteiger partial charge is 0.417 e. The van der Waals surface area contributed by atoms with Crippen molar-refractivity contribution in [2.45, 2.75) is 13.1 Å². The van der Waals surface area contributed by atoms with E-state index in [1.165, 1.54) is 6.92 Å². The van der Waals surface area contributed by atoms with Gasteiger partial charge in [-0.2, -0.15) is 13.2 Å². The maximum absolute atomic E-state index is 12.6. The Kier molecular flexibility index (Phi) is 2.52. The van der Waals surface area contributed by atoms with E-state index in [9.17, 15) is 17.6 Å². The molecule has 1 aromatic rings. The van der Waals surface area contributed by atoms with Gasteiger partial charge in [0.05, 0.1) is 10.6 Å². The van der Waals surface area contributed by atoms with Gasteiger partial charge in [0.25, 0.3) is 0 Å². The third-order valence-corrected chi connectivity index (χ3v) is 2.03. The van der Waals surface area contributed by atoms with Crippen molar-refractivity contribution in [3.8, 4) is 0 Å². The molecule has 0 nitrogen and oxygen atoms in total. The lowest BCUT2D eigenvalue weighted by molar-refractivity contribution is -0.137. The molecule has 5 heteroatoms. The summed E-state index contributed by atoms with van der Waals surface area (Å²) >= 11 is 5.36. The van der Waals surface area contributed by atoms with Crippen molar-refractivity contribution >= 4 is 11.6 Å². The molecule has 0 saturated heterocycles. The molecule has 0 aromatic heterocycles. The Bertz CT molecular complexity index is 330. The van der Waals surface area contributed by atoms with E-state index >= 15 is 0 Å². The van der Waals surface area contributed by atoms with Gasteiger partial charge in [-0.05, 0) is 24.6 Å². The first-order valence-electron chi connectivity index (χ1n) is 3.35. The molecule has 0 aliphatic heterocycles. The molecule has 0 N–H and O–H groups in total. The topological polar surface area (TPSA) is 0 Å². The van der Waals surface area contributed by atoms with Crippen LogP contribution in [0.25, 0.3) is 0 Å². The van der Waals surface area contributed by atoms with Crippen molar-refractivity contribution in [3.63, 3.8) is 0 Å². The quantitative estimate of drug-likeness (QED) is 0.574. The SMILES string of the molecule is Cc1cc(F)cc(C(F)(F)F)c1Cl. The molecule has 1 rings (SSSR count). The molecule has 0 heterocycles. The zero-order chi connectivity index (χ0) is 10.2. The number of hydrogen-bond donors (Lipinski definition) is 0. The van der Waals surface area contributed by atoms with Crippen LogP contribution in [0.1, 0.15) is 11.1 Å². The maximum atomic E-state index is 12.6. The summed E-state index contributed by atoms with van der Waals surface area (Å²) in [6.07, 6.45) is -4.61. The Labute approximate surface area is 77.1 Å². The van der Waals surface area contributed by atoms with Crippen LogP contribution >= 0.6 is 11.6 Å². The van der Waals surface area contributed by atoms with Gasteiger partial charge in [-0.15, -0.1) is 0 Å². The van der Waals surface area contributed by atoms with Crippen molar-refractivity contribution in [3.05, 3.63) is 34.1 Å². The molecular formula is C8H5ClF4. The fraction of sp³-hybridized carbons (Fsp3) is 0.250. The first-order valence-corrected chi connectivity index (χ1v) is 3.73. The van der Waals surface area contributed by atoms with E-state index in [0.29, 0.717) is 6.07 Å². The van der Waals surface area contributed by atoms with E-state index in [1.54, 1.807) is 0 Å². The molecule has 72 valence electrons. The monoisotopic (exact) mass is 212 g/mol. The standard InChI is InChI=1S/C8H5ClF4/c1-4-2-5(10)3-6(7(4)9)8(11,12)13/h2-3H,1H3. The Balaban J connectivity index is 3.37. The molecule has 1 aromatic carbocycles. The number of alkyl halides is 3. The van der Waals surface area contributed by atoms with Gasteiger partial charge in [0.1, 0.15) is 5.82 Å². The molecular weight excluding hydrogens is 208 g/mol. The molecule has 0 saturated carbocycles. The molecule has 13 heavy (non-hydrogen) atoms.